The molecule has 6 heteroatoms. The molecule has 4 nitrogen and oxygen atoms in total. The van der Waals surface area contributed by atoms with Crippen LogP contribution in [-0.2, 0) is 24.8 Å². The Morgan fingerprint density at radius 1 is 1.64 bits per heavy atom. The van der Waals surface area contributed by atoms with E-state index < -0.39 is 22.7 Å². The maximum Gasteiger partial charge on any atom is 0.350 e. The molecule has 0 aromatic carbocycles. The van der Waals surface area contributed by atoms with E-state index >= 15 is 0 Å². The van der Waals surface area contributed by atoms with Crippen molar-refractivity contribution in [3.05, 3.63) is 9.39 Å². The van der Waals surface area contributed by atoms with Gasteiger partial charge in [0, 0.05) is 0 Å². The first-order valence-corrected chi connectivity index (χ1v) is 5.95. The molecule has 1 rings (SSSR count). The standard InChI is InChI=1S/C8H11BrO4S/c1-4-12-7(10)5-6(9)8(2,3)13-14(5)11/h4H2,1-3H3/t14-/m0/s1. The Hall–Kier alpha value is -0.200. The van der Waals surface area contributed by atoms with Crippen LogP contribution in [0.1, 0.15) is 20.8 Å². The van der Waals surface area contributed by atoms with Crippen LogP contribution in [0.15, 0.2) is 9.39 Å². The van der Waals surface area contributed by atoms with Crippen LogP contribution in [0, 0.1) is 0 Å². The highest BCUT2D eigenvalue weighted by Gasteiger charge is 2.42. The van der Waals surface area contributed by atoms with Crippen LogP contribution >= 0.6 is 15.9 Å². The highest BCUT2D eigenvalue weighted by molar-refractivity contribution is 9.12. The Labute approximate surface area is 93.4 Å². The smallest absolute Gasteiger partial charge is 0.350 e. The molecular formula is C8H11BrO4S. The van der Waals surface area contributed by atoms with Crippen LogP contribution in [0.2, 0.25) is 0 Å². The molecule has 0 radical (unpaired) electrons. The summed E-state index contributed by atoms with van der Waals surface area (Å²) in [7, 11) is 0. The van der Waals surface area contributed by atoms with Crippen molar-refractivity contribution in [2.45, 2.75) is 26.4 Å². The van der Waals surface area contributed by atoms with E-state index in [0.717, 1.165) is 0 Å². The van der Waals surface area contributed by atoms with E-state index in [1.54, 1.807) is 20.8 Å². The van der Waals surface area contributed by atoms with Crippen LogP contribution in [0.25, 0.3) is 0 Å². The van der Waals surface area contributed by atoms with Crippen molar-refractivity contribution in [1.82, 2.24) is 0 Å². The average Bonchev–Trinajstić information content (AvgIpc) is 2.22. The van der Waals surface area contributed by atoms with E-state index in [1.165, 1.54) is 0 Å². The Bertz CT molecular complexity index is 321. The van der Waals surface area contributed by atoms with Gasteiger partial charge in [0.05, 0.1) is 11.1 Å². The second-order valence-corrected chi connectivity index (χ2v) is 5.03. The highest BCUT2D eigenvalue weighted by Crippen LogP contribution is 2.39. The first-order valence-electron chi connectivity index (χ1n) is 4.08. The molecule has 1 atom stereocenters. The molecule has 0 saturated heterocycles. The monoisotopic (exact) mass is 282 g/mol. The third-order valence-electron chi connectivity index (χ3n) is 1.64. The minimum Gasteiger partial charge on any atom is -0.462 e. The maximum absolute atomic E-state index is 11.4. The summed E-state index contributed by atoms with van der Waals surface area (Å²) in [6, 6.07) is 0. The lowest BCUT2D eigenvalue weighted by Gasteiger charge is -2.14. The molecule has 0 aromatic heterocycles. The van der Waals surface area contributed by atoms with Gasteiger partial charge in [0.2, 0.25) is 0 Å². The van der Waals surface area contributed by atoms with Gasteiger partial charge in [0.15, 0.2) is 16.0 Å². The van der Waals surface area contributed by atoms with Gasteiger partial charge < -0.3 is 4.74 Å². The Morgan fingerprint density at radius 3 is 2.57 bits per heavy atom. The number of carbonyl (C=O) groups excluding carboxylic acids is 1. The third kappa shape index (κ3) is 2.07. The summed E-state index contributed by atoms with van der Waals surface area (Å²) in [5.41, 5.74) is -0.729. The van der Waals surface area contributed by atoms with Crippen molar-refractivity contribution >= 4 is 33.0 Å². The van der Waals surface area contributed by atoms with Gasteiger partial charge in [0.1, 0.15) is 5.60 Å². The summed E-state index contributed by atoms with van der Waals surface area (Å²) < 4.78 is 21.8. The topological polar surface area (TPSA) is 52.6 Å². The van der Waals surface area contributed by atoms with Crippen LogP contribution < -0.4 is 0 Å². The fourth-order valence-corrected chi connectivity index (χ4v) is 2.85. The SMILES string of the molecule is CCOC(=O)C1=C(Br)C(C)(C)O[S@@]1=O. The molecule has 0 saturated carbocycles. The Kier molecular flexibility index (Phi) is 3.49. The number of esters is 1. The molecule has 0 bridgehead atoms. The molecule has 1 aliphatic heterocycles. The zero-order valence-electron chi connectivity index (χ0n) is 8.13. The normalized spacial score (nSPS) is 25.3. The van der Waals surface area contributed by atoms with E-state index in [-0.39, 0.29) is 11.5 Å². The summed E-state index contributed by atoms with van der Waals surface area (Å²) in [5, 5.41) is 0. The van der Waals surface area contributed by atoms with Gasteiger partial charge >= 0.3 is 5.97 Å². The number of rotatable bonds is 2. The molecule has 0 N–H and O–H groups in total. The second kappa shape index (κ2) is 4.12. The van der Waals surface area contributed by atoms with E-state index in [0.29, 0.717) is 4.48 Å². The molecule has 0 amide bonds. The lowest BCUT2D eigenvalue weighted by molar-refractivity contribution is -0.137. The summed E-state index contributed by atoms with van der Waals surface area (Å²) in [6.45, 7) is 5.39. The van der Waals surface area contributed by atoms with Crippen molar-refractivity contribution in [3.8, 4) is 0 Å². The van der Waals surface area contributed by atoms with Crippen molar-refractivity contribution in [3.63, 3.8) is 0 Å². The lowest BCUT2D eigenvalue weighted by atomic mass is 10.1. The summed E-state index contributed by atoms with van der Waals surface area (Å²) in [4.78, 5) is 11.4. The van der Waals surface area contributed by atoms with Crippen LogP contribution in [0.5, 0.6) is 0 Å². The van der Waals surface area contributed by atoms with Crippen molar-refractivity contribution in [2.24, 2.45) is 0 Å². The van der Waals surface area contributed by atoms with Crippen molar-refractivity contribution < 1.29 is 17.9 Å². The molecule has 14 heavy (non-hydrogen) atoms. The summed E-state index contributed by atoms with van der Waals surface area (Å²) in [5.74, 6) is -0.594. The predicted molar refractivity (Wildman–Crippen MR) is 55.9 cm³/mol. The first kappa shape index (κ1) is 11.9. The van der Waals surface area contributed by atoms with Gasteiger partial charge in [-0.15, -0.1) is 0 Å². The number of hydrogen-bond donors (Lipinski definition) is 0. The molecule has 0 aromatic rings. The van der Waals surface area contributed by atoms with Crippen LogP contribution in [-0.4, -0.2) is 22.4 Å². The Morgan fingerprint density at radius 2 is 2.21 bits per heavy atom. The quantitative estimate of drug-likeness (QED) is 0.723. The fraction of sp³-hybridized carbons (Fsp3) is 0.625. The van der Waals surface area contributed by atoms with Gasteiger partial charge in [-0.05, 0) is 20.8 Å². The minimum atomic E-state index is -1.73. The number of ether oxygens (including phenoxy) is 1. The lowest BCUT2D eigenvalue weighted by Crippen LogP contribution is -2.19. The van der Waals surface area contributed by atoms with Crippen LogP contribution in [0.4, 0.5) is 0 Å². The first-order chi connectivity index (χ1) is 6.40. The molecule has 0 fully saturated rings. The van der Waals surface area contributed by atoms with Gasteiger partial charge in [-0.3, -0.25) is 4.18 Å². The van der Waals surface area contributed by atoms with Crippen molar-refractivity contribution in [2.75, 3.05) is 6.61 Å². The van der Waals surface area contributed by atoms with E-state index in [1.807, 2.05) is 0 Å². The van der Waals surface area contributed by atoms with Crippen LogP contribution in [0.3, 0.4) is 0 Å². The van der Waals surface area contributed by atoms with Gasteiger partial charge in [-0.25, -0.2) is 9.00 Å². The van der Waals surface area contributed by atoms with Crippen molar-refractivity contribution in [1.29, 1.82) is 0 Å². The maximum atomic E-state index is 11.4. The number of halogens is 1. The second-order valence-electron chi connectivity index (χ2n) is 3.19. The minimum absolute atomic E-state index is 0.0665. The molecule has 1 aliphatic rings. The molecule has 0 unspecified atom stereocenters. The number of carbonyl (C=O) groups is 1. The molecule has 1 heterocycles. The number of hydrogen-bond acceptors (Lipinski definition) is 4. The van der Waals surface area contributed by atoms with E-state index in [9.17, 15) is 9.00 Å². The zero-order valence-corrected chi connectivity index (χ0v) is 10.5. The summed E-state index contributed by atoms with van der Waals surface area (Å²) >= 11 is 1.46. The third-order valence-corrected chi connectivity index (χ3v) is 4.53. The summed E-state index contributed by atoms with van der Waals surface area (Å²) in [6.07, 6.45) is 0. The predicted octanol–water partition coefficient (Wildman–Crippen LogP) is 1.63. The Balaban J connectivity index is 3.02. The van der Waals surface area contributed by atoms with Gasteiger partial charge in [-0.2, -0.15) is 0 Å². The van der Waals surface area contributed by atoms with E-state index in [2.05, 4.69) is 15.9 Å². The fourth-order valence-electron chi connectivity index (χ4n) is 0.968. The van der Waals surface area contributed by atoms with E-state index in [4.69, 9.17) is 8.92 Å². The molecule has 0 aliphatic carbocycles. The molecular weight excluding hydrogens is 272 g/mol. The van der Waals surface area contributed by atoms with Gasteiger partial charge in [-0.1, -0.05) is 15.9 Å². The molecule has 0 spiro atoms. The molecule has 80 valence electrons. The average molecular weight is 283 g/mol. The zero-order chi connectivity index (χ0) is 10.9. The highest BCUT2D eigenvalue weighted by atomic mass is 79.9. The largest absolute Gasteiger partial charge is 0.462 e. The van der Waals surface area contributed by atoms with Gasteiger partial charge in [0.25, 0.3) is 0 Å².